The second-order valence-electron chi connectivity index (χ2n) is 5.27. The molecule has 0 fully saturated rings. The van der Waals surface area contributed by atoms with Crippen molar-refractivity contribution in [2.24, 2.45) is 0 Å². The van der Waals surface area contributed by atoms with Gasteiger partial charge >= 0.3 is 0 Å². The highest BCUT2D eigenvalue weighted by molar-refractivity contribution is 8.03. The van der Waals surface area contributed by atoms with E-state index in [9.17, 15) is 0 Å². The van der Waals surface area contributed by atoms with Gasteiger partial charge < -0.3 is 9.16 Å². The summed E-state index contributed by atoms with van der Waals surface area (Å²) in [6.07, 6.45) is 1.85. The minimum absolute atomic E-state index is 0.546. The average Bonchev–Trinajstić information content (AvgIpc) is 2.26. The molecule has 0 unspecified atom stereocenters. The molecule has 0 aliphatic rings. The molecule has 0 N–H and O–H groups in total. The molecule has 0 bridgehead atoms. The van der Waals surface area contributed by atoms with Crippen LogP contribution in [-0.4, -0.2) is 15.4 Å². The van der Waals surface area contributed by atoms with Crippen molar-refractivity contribution in [1.82, 2.24) is 0 Å². The van der Waals surface area contributed by atoms with Crippen LogP contribution in [0.5, 0.6) is 0 Å². The second kappa shape index (κ2) is 6.87. The summed E-state index contributed by atoms with van der Waals surface area (Å²) in [7, 11) is -0.0311. The maximum Gasteiger partial charge on any atom is 0.266 e. The summed E-state index contributed by atoms with van der Waals surface area (Å²) >= 11 is 1.61. The third-order valence-corrected chi connectivity index (χ3v) is 3.81. The van der Waals surface area contributed by atoms with Crippen molar-refractivity contribution in [2.75, 3.05) is 7.11 Å². The van der Waals surface area contributed by atoms with E-state index in [-0.39, 0.29) is 0 Å². The number of hydrogen-bond donors (Lipinski definition) is 0. The quantitative estimate of drug-likeness (QED) is 0.320. The molecule has 0 atom stereocenters. The highest BCUT2D eigenvalue weighted by atomic mass is 32.2. The van der Waals surface area contributed by atoms with E-state index < -0.39 is 8.32 Å². The predicted octanol–water partition coefficient (Wildman–Crippen LogP) is 4.94. The highest BCUT2D eigenvalue weighted by Gasteiger charge is 2.18. The van der Waals surface area contributed by atoms with Crippen molar-refractivity contribution in [3.63, 3.8) is 0 Å². The van der Waals surface area contributed by atoms with Crippen LogP contribution < -0.4 is 0 Å². The molecule has 1 rings (SSSR count). The fourth-order valence-corrected chi connectivity index (χ4v) is 3.02. The first-order valence-electron chi connectivity index (χ1n) is 6.18. The van der Waals surface area contributed by atoms with Crippen molar-refractivity contribution in [2.45, 2.75) is 31.5 Å². The number of aryl methyl sites for hydroxylation is 1. The van der Waals surface area contributed by atoms with E-state index in [1.807, 2.05) is 12.1 Å². The van der Waals surface area contributed by atoms with Crippen LogP contribution in [0.4, 0.5) is 0 Å². The van der Waals surface area contributed by atoms with Crippen LogP contribution >= 0.6 is 11.8 Å². The topological polar surface area (TPSA) is 18.5 Å². The first-order chi connectivity index (χ1) is 8.80. The van der Waals surface area contributed by atoms with Gasteiger partial charge in [0.15, 0.2) is 0 Å². The Morgan fingerprint density at radius 3 is 2.53 bits per heavy atom. The van der Waals surface area contributed by atoms with Crippen LogP contribution in [0.3, 0.4) is 0 Å². The van der Waals surface area contributed by atoms with Gasteiger partial charge in [0.25, 0.3) is 5.95 Å². The Bertz CT molecular complexity index is 475. The number of methoxy groups -OCH3 is 1. The zero-order valence-electron chi connectivity index (χ0n) is 12.3. The Morgan fingerprint density at radius 2 is 2.00 bits per heavy atom. The number of thioether (sulfide) groups is 1. The number of allylic oxidation sites excluding steroid dienone is 1. The van der Waals surface area contributed by atoms with E-state index in [1.54, 1.807) is 18.9 Å². The van der Waals surface area contributed by atoms with Crippen molar-refractivity contribution < 1.29 is 9.16 Å². The van der Waals surface area contributed by atoms with Gasteiger partial charge in [-0.2, -0.15) is 0 Å². The van der Waals surface area contributed by atoms with Crippen LogP contribution in [0.15, 0.2) is 52.7 Å². The van der Waals surface area contributed by atoms with Crippen LogP contribution in [0, 0.1) is 6.92 Å². The van der Waals surface area contributed by atoms with E-state index >= 15 is 0 Å². The fraction of sp³-hybridized carbons (Fsp3) is 0.333. The van der Waals surface area contributed by atoms with Gasteiger partial charge in [-0.3, -0.25) is 0 Å². The Morgan fingerprint density at radius 1 is 1.32 bits per heavy atom. The molecule has 0 radical (unpaired) electrons. The minimum Gasteiger partial charge on any atom is -0.520 e. The third-order valence-electron chi connectivity index (χ3n) is 2.13. The van der Waals surface area contributed by atoms with E-state index in [4.69, 9.17) is 9.16 Å². The molecule has 0 saturated carbocycles. The van der Waals surface area contributed by atoms with Gasteiger partial charge in [-0.1, -0.05) is 36.0 Å². The van der Waals surface area contributed by atoms with Crippen molar-refractivity contribution >= 4 is 20.1 Å². The Labute approximate surface area is 121 Å². The van der Waals surface area contributed by atoms with Gasteiger partial charge in [-0.15, -0.1) is 0 Å². The van der Waals surface area contributed by atoms with Crippen molar-refractivity contribution in [3.8, 4) is 0 Å². The van der Waals surface area contributed by atoms with Gasteiger partial charge in [0, 0.05) is 15.9 Å². The molecule has 4 heteroatoms. The van der Waals surface area contributed by atoms with Crippen LogP contribution in [-0.2, 0) is 9.16 Å². The molecule has 1 aromatic rings. The minimum atomic E-state index is -1.65. The molecule has 0 saturated heterocycles. The number of hydrogen-bond acceptors (Lipinski definition) is 3. The van der Waals surface area contributed by atoms with Gasteiger partial charge in [0.05, 0.1) is 7.11 Å². The van der Waals surface area contributed by atoms with Crippen molar-refractivity contribution in [1.29, 1.82) is 0 Å². The predicted molar refractivity (Wildman–Crippen MR) is 85.7 cm³/mol. The molecule has 0 spiro atoms. The Balaban J connectivity index is 2.72. The Kier molecular flexibility index (Phi) is 5.75. The summed E-state index contributed by atoms with van der Waals surface area (Å²) in [6, 6.07) is 8.33. The molecule has 104 valence electrons. The lowest BCUT2D eigenvalue weighted by atomic mass is 10.2. The fourth-order valence-electron chi connectivity index (χ4n) is 1.42. The molecule has 0 heterocycles. The summed E-state index contributed by atoms with van der Waals surface area (Å²) in [5.41, 5.74) is 1.24. The first kappa shape index (κ1) is 15.9. The molecule has 0 aromatic heterocycles. The maximum absolute atomic E-state index is 5.82. The monoisotopic (exact) mass is 294 g/mol. The number of rotatable bonds is 6. The maximum atomic E-state index is 5.82. The van der Waals surface area contributed by atoms with Crippen molar-refractivity contribution in [3.05, 3.63) is 53.3 Å². The Hall–Kier alpha value is -1.13. The first-order valence-corrected chi connectivity index (χ1v) is 10.4. The van der Waals surface area contributed by atoms with E-state index in [0.717, 1.165) is 4.91 Å². The van der Waals surface area contributed by atoms with Gasteiger partial charge in [0.1, 0.15) is 0 Å². The summed E-state index contributed by atoms with van der Waals surface area (Å²) in [5, 5.41) is 0. The zero-order chi connectivity index (χ0) is 14.5. The molecular weight excluding hydrogens is 272 g/mol. The smallest absolute Gasteiger partial charge is 0.266 e. The summed E-state index contributed by atoms with van der Waals surface area (Å²) in [5.74, 6) is 0.546. The molecule has 19 heavy (non-hydrogen) atoms. The zero-order valence-corrected chi connectivity index (χ0v) is 14.1. The largest absolute Gasteiger partial charge is 0.520 e. The number of benzene rings is 1. The molecule has 2 nitrogen and oxygen atoms in total. The molecule has 0 aliphatic heterocycles. The molecule has 0 aliphatic carbocycles. The van der Waals surface area contributed by atoms with Crippen LogP contribution in [0.25, 0.3) is 0 Å². The lowest BCUT2D eigenvalue weighted by Crippen LogP contribution is -2.25. The van der Waals surface area contributed by atoms with E-state index in [1.165, 1.54) is 10.5 Å². The number of ether oxygens (including phenoxy) is 1. The normalized spacial score (nSPS) is 12.2. The summed E-state index contributed by atoms with van der Waals surface area (Å²) < 4.78 is 11.1. The van der Waals surface area contributed by atoms with E-state index in [2.05, 4.69) is 51.3 Å². The second-order valence-corrected chi connectivity index (χ2v) is 10.9. The van der Waals surface area contributed by atoms with Gasteiger partial charge in [0.2, 0.25) is 8.32 Å². The third kappa shape index (κ3) is 6.54. The summed E-state index contributed by atoms with van der Waals surface area (Å²) in [4.78, 5) is 2.07. The lowest BCUT2D eigenvalue weighted by Gasteiger charge is -2.20. The standard InChI is InChI=1S/C15H22O2SSi/c1-12-8-7-9-14(10-12)18-13(2)11-15(16-3)17-19(4,5)6/h7-11H,2H2,1,3-6H3/b15-11+. The van der Waals surface area contributed by atoms with E-state index in [0.29, 0.717) is 5.95 Å². The van der Waals surface area contributed by atoms with Gasteiger partial charge in [-0.05, 0) is 38.7 Å². The van der Waals surface area contributed by atoms with Gasteiger partial charge in [-0.25, -0.2) is 0 Å². The molecule has 0 amide bonds. The van der Waals surface area contributed by atoms with Crippen LogP contribution in [0.1, 0.15) is 5.56 Å². The van der Waals surface area contributed by atoms with Crippen LogP contribution in [0.2, 0.25) is 19.6 Å². The molecular formula is C15H22O2SSi. The molecule has 1 aromatic carbocycles. The lowest BCUT2D eigenvalue weighted by molar-refractivity contribution is 0.147. The highest BCUT2D eigenvalue weighted by Crippen LogP contribution is 2.28. The average molecular weight is 294 g/mol. The summed E-state index contributed by atoms with van der Waals surface area (Å²) in [6.45, 7) is 12.5. The SMILES string of the molecule is C=C(/C=C(\OC)O[Si](C)(C)C)Sc1cccc(C)c1.